The number of fused-ring (bicyclic) bond motifs is 1. The zero-order valence-electron chi connectivity index (χ0n) is 10.3. The summed E-state index contributed by atoms with van der Waals surface area (Å²) in [6, 6.07) is 4.63. The lowest BCUT2D eigenvalue weighted by Crippen LogP contribution is -2.06. The van der Waals surface area contributed by atoms with Gasteiger partial charge in [-0.3, -0.25) is 4.57 Å². The molecule has 104 valence electrons. The highest BCUT2D eigenvalue weighted by atomic mass is 32.2. The van der Waals surface area contributed by atoms with E-state index in [2.05, 4.69) is 0 Å². The predicted octanol–water partition coefficient (Wildman–Crippen LogP) is 3.40. The van der Waals surface area contributed by atoms with Crippen LogP contribution in [0.25, 0.3) is 10.9 Å². The van der Waals surface area contributed by atoms with E-state index >= 15 is 0 Å². The van der Waals surface area contributed by atoms with Crippen molar-refractivity contribution < 1.29 is 22.3 Å². The summed E-state index contributed by atoms with van der Waals surface area (Å²) in [5.41, 5.74) is 0.172. The van der Waals surface area contributed by atoms with Crippen LogP contribution in [0.1, 0.15) is 20.4 Å². The maximum absolute atomic E-state index is 12.9. The number of nitrogens with zero attached hydrogens (tertiary/aromatic N) is 1. The second-order valence-electron chi connectivity index (χ2n) is 4.24. The minimum Gasteiger partial charge on any atom is -0.490 e. The smallest absolute Gasteiger partial charge is 0.319 e. The van der Waals surface area contributed by atoms with Crippen LogP contribution in [-0.2, 0) is 11.1 Å². The van der Waals surface area contributed by atoms with Crippen LogP contribution in [0.5, 0.6) is 5.75 Å². The number of halogens is 2. The van der Waals surface area contributed by atoms with Crippen molar-refractivity contribution >= 4 is 22.0 Å². The molecule has 0 aliphatic rings. The van der Waals surface area contributed by atoms with Gasteiger partial charge in [0.25, 0.3) is 0 Å². The molecule has 4 nitrogen and oxygen atoms in total. The second-order valence-corrected chi connectivity index (χ2v) is 5.18. The van der Waals surface area contributed by atoms with E-state index in [4.69, 9.17) is 4.74 Å². The molecule has 7 heteroatoms. The Bertz CT molecular complexity index is 625. The number of benzene rings is 1. The number of rotatable bonds is 4. The Morgan fingerprint density at radius 3 is 2.58 bits per heavy atom. The van der Waals surface area contributed by atoms with Crippen molar-refractivity contribution in [2.75, 3.05) is 0 Å². The molecule has 0 bridgehead atoms. The molecular weight excluding hydrogens is 276 g/mol. The van der Waals surface area contributed by atoms with Gasteiger partial charge in [-0.05, 0) is 26.0 Å². The van der Waals surface area contributed by atoms with Gasteiger partial charge in [0, 0.05) is 6.20 Å². The normalized spacial score (nSPS) is 13.4. The van der Waals surface area contributed by atoms with E-state index < -0.39 is 17.6 Å². The van der Waals surface area contributed by atoms with Crippen LogP contribution in [0.4, 0.5) is 8.78 Å². The van der Waals surface area contributed by atoms with Gasteiger partial charge < -0.3 is 9.29 Å². The summed E-state index contributed by atoms with van der Waals surface area (Å²) in [5, 5.41) is 0.248. The van der Waals surface area contributed by atoms with Gasteiger partial charge in [0.2, 0.25) is 0 Å². The monoisotopic (exact) mass is 289 g/mol. The molecule has 0 fully saturated rings. The first-order valence-corrected chi connectivity index (χ1v) is 6.71. The van der Waals surface area contributed by atoms with E-state index in [0.29, 0.717) is 10.3 Å². The average molecular weight is 289 g/mol. The third-order valence-electron chi connectivity index (χ3n) is 2.55. The van der Waals surface area contributed by atoms with E-state index in [1.54, 1.807) is 26.0 Å². The molecule has 0 saturated heterocycles. The Morgan fingerprint density at radius 2 is 2.05 bits per heavy atom. The molecule has 0 spiro atoms. The van der Waals surface area contributed by atoms with Crippen LogP contribution in [0, 0.1) is 0 Å². The van der Waals surface area contributed by atoms with Crippen LogP contribution in [0.3, 0.4) is 0 Å². The van der Waals surface area contributed by atoms with Crippen molar-refractivity contribution in [3.05, 3.63) is 24.4 Å². The molecule has 2 rings (SSSR count). The van der Waals surface area contributed by atoms with Crippen molar-refractivity contribution in [1.82, 2.24) is 4.57 Å². The van der Waals surface area contributed by atoms with Crippen molar-refractivity contribution in [3.8, 4) is 5.75 Å². The Kier molecular flexibility index (Phi) is 3.86. The Labute approximate surface area is 111 Å². The minimum atomic E-state index is -2.78. The lowest BCUT2D eigenvalue weighted by Gasteiger charge is -2.11. The highest BCUT2D eigenvalue weighted by Gasteiger charge is 2.20. The van der Waals surface area contributed by atoms with Crippen LogP contribution in [-0.4, -0.2) is 19.4 Å². The molecule has 0 saturated carbocycles. The van der Waals surface area contributed by atoms with Crippen molar-refractivity contribution in [2.45, 2.75) is 31.4 Å². The Morgan fingerprint density at radius 1 is 1.37 bits per heavy atom. The van der Waals surface area contributed by atoms with Gasteiger partial charge in [-0.2, -0.15) is 8.78 Å². The second kappa shape index (κ2) is 5.26. The summed E-state index contributed by atoms with van der Waals surface area (Å²) < 4.78 is 52.5. The summed E-state index contributed by atoms with van der Waals surface area (Å²) >= 11 is -2.36. The molecule has 0 amide bonds. The number of aromatic nitrogens is 1. The maximum Gasteiger partial charge on any atom is 0.319 e. The summed E-state index contributed by atoms with van der Waals surface area (Å²) in [6.07, 6.45) is 0.819. The average Bonchev–Trinajstić information content (AvgIpc) is 2.68. The quantitative estimate of drug-likeness (QED) is 0.878. The number of ether oxygens (including phenoxy) is 1. The molecule has 1 atom stereocenters. The summed E-state index contributed by atoms with van der Waals surface area (Å²) in [4.78, 5) is -0.0773. The van der Waals surface area contributed by atoms with Crippen LogP contribution in [0.2, 0.25) is 0 Å². The van der Waals surface area contributed by atoms with Crippen LogP contribution >= 0.6 is 0 Å². The third kappa shape index (κ3) is 2.62. The number of alkyl halides is 2. The highest BCUT2D eigenvalue weighted by Crippen LogP contribution is 2.35. The fourth-order valence-corrected chi connectivity index (χ4v) is 2.47. The van der Waals surface area contributed by atoms with Gasteiger partial charge in [0.15, 0.2) is 11.1 Å². The van der Waals surface area contributed by atoms with Crippen molar-refractivity contribution in [2.24, 2.45) is 0 Å². The lowest BCUT2D eigenvalue weighted by molar-refractivity contribution is 0.0748. The molecule has 1 aromatic carbocycles. The SMILES string of the molecule is CC(C)Oc1cccc2c1c(S(=O)O)cn2C(F)F. The van der Waals surface area contributed by atoms with Crippen LogP contribution in [0.15, 0.2) is 29.3 Å². The van der Waals surface area contributed by atoms with E-state index in [-0.39, 0.29) is 21.9 Å². The molecule has 0 aliphatic heterocycles. The van der Waals surface area contributed by atoms with Gasteiger partial charge in [0.1, 0.15) is 5.75 Å². The third-order valence-corrected chi connectivity index (χ3v) is 3.23. The van der Waals surface area contributed by atoms with Gasteiger partial charge in [0.05, 0.1) is 21.9 Å². The van der Waals surface area contributed by atoms with Gasteiger partial charge in [-0.15, -0.1) is 0 Å². The molecule has 0 radical (unpaired) electrons. The van der Waals surface area contributed by atoms with E-state index in [0.717, 1.165) is 6.20 Å². The van der Waals surface area contributed by atoms with E-state index in [1.165, 1.54) is 6.07 Å². The number of hydrogen-bond donors (Lipinski definition) is 1. The maximum atomic E-state index is 12.9. The summed E-state index contributed by atoms with van der Waals surface area (Å²) in [7, 11) is 0. The molecule has 1 heterocycles. The largest absolute Gasteiger partial charge is 0.490 e. The zero-order valence-corrected chi connectivity index (χ0v) is 11.2. The fourth-order valence-electron chi connectivity index (χ4n) is 1.89. The Balaban J connectivity index is 2.75. The first kappa shape index (κ1) is 14.0. The van der Waals surface area contributed by atoms with Crippen LogP contribution < -0.4 is 4.74 Å². The molecule has 1 aromatic heterocycles. The zero-order chi connectivity index (χ0) is 14.2. The van der Waals surface area contributed by atoms with Gasteiger partial charge in [-0.25, -0.2) is 4.21 Å². The fraction of sp³-hybridized carbons (Fsp3) is 0.333. The molecule has 1 N–H and O–H groups in total. The van der Waals surface area contributed by atoms with Gasteiger partial charge in [-0.1, -0.05) is 6.07 Å². The standard InChI is InChI=1S/C12H13F2NO3S/c1-7(2)18-9-5-3-4-8-11(9)10(19(16)17)6-15(8)12(13)14/h3-7,12H,1-2H3,(H,16,17). The summed E-state index contributed by atoms with van der Waals surface area (Å²) in [5.74, 6) is 0.323. The van der Waals surface area contributed by atoms with Crippen molar-refractivity contribution in [3.63, 3.8) is 0 Å². The first-order chi connectivity index (χ1) is 8.91. The molecule has 0 aliphatic carbocycles. The Hall–Kier alpha value is -1.47. The minimum absolute atomic E-state index is 0.0773. The van der Waals surface area contributed by atoms with E-state index in [9.17, 15) is 17.5 Å². The lowest BCUT2D eigenvalue weighted by atomic mass is 10.2. The molecular formula is C12H13F2NO3S. The van der Waals surface area contributed by atoms with Gasteiger partial charge >= 0.3 is 6.55 Å². The molecule has 2 aromatic rings. The van der Waals surface area contributed by atoms with E-state index in [1.807, 2.05) is 0 Å². The number of hydrogen-bond acceptors (Lipinski definition) is 2. The predicted molar refractivity (Wildman–Crippen MR) is 68.0 cm³/mol. The van der Waals surface area contributed by atoms with Crippen molar-refractivity contribution in [1.29, 1.82) is 0 Å². The summed E-state index contributed by atoms with van der Waals surface area (Å²) in [6.45, 7) is 0.797. The topological polar surface area (TPSA) is 51.5 Å². The molecule has 1 unspecified atom stereocenters. The highest BCUT2D eigenvalue weighted by molar-refractivity contribution is 7.79. The molecule has 19 heavy (non-hydrogen) atoms. The first-order valence-electron chi connectivity index (χ1n) is 5.61.